The van der Waals surface area contributed by atoms with Gasteiger partial charge in [0.25, 0.3) is 0 Å². The molecule has 0 aromatic rings. The molecule has 0 aliphatic carbocycles. The lowest BCUT2D eigenvalue weighted by molar-refractivity contribution is -0.924. The number of nitrogens with one attached hydrogen (secondary N) is 1. The first-order valence-corrected chi connectivity index (χ1v) is 7.57. The zero-order valence-corrected chi connectivity index (χ0v) is 13.1. The Morgan fingerprint density at radius 1 is 1.24 bits per heavy atom. The second-order valence-corrected chi connectivity index (χ2v) is 5.46. The third-order valence-electron chi connectivity index (χ3n) is 3.07. The molecule has 1 amide bonds. The van der Waals surface area contributed by atoms with E-state index in [0.29, 0.717) is 6.67 Å². The highest BCUT2D eigenvalue weighted by Crippen LogP contribution is 2.20. The van der Waals surface area contributed by atoms with E-state index in [1.54, 1.807) is 0 Å². The van der Waals surface area contributed by atoms with Crippen LogP contribution in [-0.4, -0.2) is 55.2 Å². The predicted octanol–water partition coefficient (Wildman–Crippen LogP) is 1.17. The van der Waals surface area contributed by atoms with Crippen LogP contribution in [0.5, 0.6) is 0 Å². The van der Waals surface area contributed by atoms with E-state index in [1.165, 1.54) is 6.08 Å². The molecular formula is C11H21F3N2O4S. The fourth-order valence-electron chi connectivity index (χ4n) is 1.32. The SMILES string of the molecule is C=CC(=O)NC[N+](CC)(CC)CC.O=S(=O)([O-])C(F)(F)F. The summed E-state index contributed by atoms with van der Waals surface area (Å²) in [6.45, 7) is 13.7. The van der Waals surface area contributed by atoms with Crippen molar-refractivity contribution >= 4 is 16.0 Å². The molecule has 1 N–H and O–H groups in total. The van der Waals surface area contributed by atoms with Gasteiger partial charge in [0, 0.05) is 0 Å². The van der Waals surface area contributed by atoms with Gasteiger partial charge in [0.05, 0.1) is 19.6 Å². The van der Waals surface area contributed by atoms with E-state index in [4.69, 9.17) is 13.0 Å². The zero-order valence-electron chi connectivity index (χ0n) is 12.2. The number of carbonyl (C=O) groups excluding carboxylic acids is 1. The summed E-state index contributed by atoms with van der Waals surface area (Å²) in [7, 11) is -6.09. The maximum absolute atomic E-state index is 11.0. The molecule has 0 atom stereocenters. The van der Waals surface area contributed by atoms with Crippen molar-refractivity contribution in [2.75, 3.05) is 26.3 Å². The van der Waals surface area contributed by atoms with Crippen LogP contribution in [-0.2, 0) is 14.9 Å². The molecule has 0 saturated carbocycles. The number of alkyl halides is 3. The first-order chi connectivity index (χ1) is 9.39. The van der Waals surface area contributed by atoms with Gasteiger partial charge in [-0.05, 0) is 26.8 Å². The van der Waals surface area contributed by atoms with E-state index >= 15 is 0 Å². The molecule has 6 nitrogen and oxygen atoms in total. The van der Waals surface area contributed by atoms with Crippen molar-refractivity contribution in [3.63, 3.8) is 0 Å². The van der Waals surface area contributed by atoms with Crippen LogP contribution >= 0.6 is 0 Å². The Morgan fingerprint density at radius 3 is 1.76 bits per heavy atom. The van der Waals surface area contributed by atoms with Crippen LogP contribution in [0.3, 0.4) is 0 Å². The second kappa shape index (κ2) is 9.00. The lowest BCUT2D eigenvalue weighted by Crippen LogP contribution is -2.53. The van der Waals surface area contributed by atoms with Crippen LogP contribution in [0.1, 0.15) is 20.8 Å². The second-order valence-electron chi connectivity index (χ2n) is 4.09. The van der Waals surface area contributed by atoms with Gasteiger partial charge in [-0.1, -0.05) is 6.58 Å². The number of amides is 1. The van der Waals surface area contributed by atoms with Crippen molar-refractivity contribution in [3.05, 3.63) is 12.7 Å². The van der Waals surface area contributed by atoms with Crippen molar-refractivity contribution in [1.29, 1.82) is 0 Å². The van der Waals surface area contributed by atoms with Crippen LogP contribution in [0.15, 0.2) is 12.7 Å². The topological polar surface area (TPSA) is 86.3 Å². The Bertz CT molecular complexity index is 423. The summed E-state index contributed by atoms with van der Waals surface area (Å²) in [5, 5.41) is 2.84. The van der Waals surface area contributed by atoms with Gasteiger partial charge in [-0.2, -0.15) is 13.2 Å². The minimum Gasteiger partial charge on any atom is -0.741 e. The summed E-state index contributed by atoms with van der Waals surface area (Å²) in [5.41, 5.74) is -5.65. The Morgan fingerprint density at radius 2 is 1.57 bits per heavy atom. The van der Waals surface area contributed by atoms with E-state index < -0.39 is 15.6 Å². The highest BCUT2D eigenvalue weighted by molar-refractivity contribution is 7.86. The Hall–Kier alpha value is -1.13. The van der Waals surface area contributed by atoms with Gasteiger partial charge in [0.2, 0.25) is 5.91 Å². The largest absolute Gasteiger partial charge is 0.741 e. The average Bonchev–Trinajstić information content (AvgIpc) is 2.39. The number of carbonyl (C=O) groups is 1. The van der Waals surface area contributed by atoms with E-state index in [2.05, 4.69) is 32.7 Å². The average molecular weight is 334 g/mol. The molecule has 0 spiro atoms. The fourth-order valence-corrected chi connectivity index (χ4v) is 1.32. The quantitative estimate of drug-likeness (QED) is 0.260. The number of rotatable bonds is 6. The number of quaternary nitrogens is 1. The molecule has 0 rings (SSSR count). The monoisotopic (exact) mass is 334 g/mol. The molecule has 126 valence electrons. The summed E-state index contributed by atoms with van der Waals surface area (Å²) in [6, 6.07) is 0. The molecule has 0 aromatic heterocycles. The minimum atomic E-state index is -6.09. The van der Waals surface area contributed by atoms with Crippen molar-refractivity contribution in [2.45, 2.75) is 26.3 Å². The molecule has 10 heteroatoms. The highest BCUT2D eigenvalue weighted by Gasteiger charge is 2.36. The molecule has 0 radical (unpaired) electrons. The van der Waals surface area contributed by atoms with Crippen molar-refractivity contribution < 1.29 is 35.4 Å². The molecule has 0 aliphatic rings. The van der Waals surface area contributed by atoms with Gasteiger partial charge >= 0.3 is 5.51 Å². The molecule has 0 bridgehead atoms. The van der Waals surface area contributed by atoms with Gasteiger partial charge < -0.3 is 14.4 Å². The summed E-state index contributed by atoms with van der Waals surface area (Å²) in [6.07, 6.45) is 1.32. The summed E-state index contributed by atoms with van der Waals surface area (Å²) in [5.74, 6) is -0.0853. The number of halogens is 3. The highest BCUT2D eigenvalue weighted by atomic mass is 32.2. The maximum atomic E-state index is 11.0. The molecule has 0 heterocycles. The van der Waals surface area contributed by atoms with Crippen LogP contribution in [0.25, 0.3) is 0 Å². The van der Waals surface area contributed by atoms with Gasteiger partial charge in [0.15, 0.2) is 16.8 Å². The van der Waals surface area contributed by atoms with E-state index in [9.17, 15) is 18.0 Å². The van der Waals surface area contributed by atoms with Gasteiger partial charge in [0.1, 0.15) is 0 Å². The van der Waals surface area contributed by atoms with E-state index in [1.807, 2.05) is 0 Å². The van der Waals surface area contributed by atoms with Crippen LogP contribution in [0.2, 0.25) is 0 Å². The molecule has 21 heavy (non-hydrogen) atoms. The van der Waals surface area contributed by atoms with E-state index in [0.717, 1.165) is 24.1 Å². The van der Waals surface area contributed by atoms with Gasteiger partial charge in [-0.25, -0.2) is 8.42 Å². The third kappa shape index (κ3) is 8.68. The number of nitrogens with zero attached hydrogens (tertiary/aromatic N) is 1. The first-order valence-electron chi connectivity index (χ1n) is 6.16. The molecule has 0 aliphatic heterocycles. The molecular weight excluding hydrogens is 313 g/mol. The van der Waals surface area contributed by atoms with Crippen molar-refractivity contribution in [2.24, 2.45) is 0 Å². The smallest absolute Gasteiger partial charge is 0.485 e. The Labute approximate surface area is 123 Å². The summed E-state index contributed by atoms with van der Waals surface area (Å²) in [4.78, 5) is 11.0. The Balaban J connectivity index is 0. The minimum absolute atomic E-state index is 0.0853. The van der Waals surface area contributed by atoms with Crippen molar-refractivity contribution in [1.82, 2.24) is 5.32 Å². The number of hydrogen-bond acceptors (Lipinski definition) is 4. The predicted molar refractivity (Wildman–Crippen MR) is 70.8 cm³/mol. The van der Waals surface area contributed by atoms with Crippen LogP contribution in [0.4, 0.5) is 13.2 Å². The molecule has 0 saturated heterocycles. The fraction of sp³-hybridized carbons (Fsp3) is 0.727. The standard InChI is InChI=1S/C10H20N2O.CHF3O3S/c1-5-10(13)11-9-12(6-2,7-3)8-4;2-1(3,4)8(5,6)7/h5H,1,6-9H2,2-4H3;(H,5,6,7). The molecule has 0 unspecified atom stereocenters. The maximum Gasteiger partial charge on any atom is 0.485 e. The molecule has 0 aromatic carbocycles. The van der Waals surface area contributed by atoms with Gasteiger partial charge in [-0.3, -0.25) is 4.79 Å². The summed E-state index contributed by atoms with van der Waals surface area (Å²) >= 11 is 0. The van der Waals surface area contributed by atoms with Gasteiger partial charge in [-0.15, -0.1) is 0 Å². The Kier molecular flexibility index (Phi) is 9.50. The third-order valence-corrected chi connectivity index (χ3v) is 3.64. The lowest BCUT2D eigenvalue weighted by Gasteiger charge is -2.35. The van der Waals surface area contributed by atoms with Crippen LogP contribution < -0.4 is 5.32 Å². The first kappa shape index (κ1) is 22.2. The van der Waals surface area contributed by atoms with E-state index in [-0.39, 0.29) is 5.91 Å². The summed E-state index contributed by atoms with van der Waals surface area (Å²) < 4.78 is 59.8. The lowest BCUT2D eigenvalue weighted by atomic mass is 10.4. The van der Waals surface area contributed by atoms with Crippen LogP contribution in [0, 0.1) is 0 Å². The van der Waals surface area contributed by atoms with Crippen molar-refractivity contribution in [3.8, 4) is 0 Å². The molecule has 0 fully saturated rings. The number of hydrogen-bond donors (Lipinski definition) is 1. The normalized spacial score (nSPS) is 12.1. The zero-order chi connectivity index (χ0) is 17.3.